The minimum atomic E-state index is -0.278. The number of H-pyrrole nitrogens is 1. The molecular formula is C15H18FN3OS. The molecule has 0 bridgehead atoms. The zero-order valence-corrected chi connectivity index (χ0v) is 13.1. The molecule has 4 nitrogen and oxygen atoms in total. The molecule has 0 aliphatic carbocycles. The summed E-state index contributed by atoms with van der Waals surface area (Å²) >= 11 is 1.31. The Bertz CT molecular complexity index is 679. The van der Waals surface area contributed by atoms with Crippen molar-refractivity contribution in [2.45, 2.75) is 42.9 Å². The number of rotatable bonds is 4. The van der Waals surface area contributed by atoms with Crippen molar-refractivity contribution in [2.75, 3.05) is 0 Å². The minimum Gasteiger partial charge on any atom is -0.308 e. The molecule has 112 valence electrons. The maximum Gasteiger partial charge on any atom is 0.251 e. The summed E-state index contributed by atoms with van der Waals surface area (Å²) in [5, 5.41) is 3.82. The summed E-state index contributed by atoms with van der Waals surface area (Å²) in [6.07, 6.45) is 1.46. The van der Waals surface area contributed by atoms with E-state index in [9.17, 15) is 9.18 Å². The molecule has 2 N–H and O–H groups in total. The average molecular weight is 307 g/mol. The van der Waals surface area contributed by atoms with Gasteiger partial charge >= 0.3 is 0 Å². The van der Waals surface area contributed by atoms with E-state index in [1.54, 1.807) is 6.07 Å². The molecular weight excluding hydrogens is 289 g/mol. The number of aromatic nitrogens is 2. The SMILES string of the molecule is CC(C)(C)NCc1cc(F)ccc1Sc1nccc(=O)[nH]1. The number of halogens is 1. The molecule has 0 unspecified atom stereocenters. The van der Waals surface area contributed by atoms with E-state index in [4.69, 9.17) is 0 Å². The van der Waals surface area contributed by atoms with Crippen molar-refractivity contribution in [3.05, 3.63) is 52.2 Å². The fourth-order valence-corrected chi connectivity index (χ4v) is 2.53. The van der Waals surface area contributed by atoms with E-state index < -0.39 is 0 Å². The zero-order chi connectivity index (χ0) is 15.5. The second-order valence-corrected chi connectivity index (χ2v) is 6.73. The molecule has 0 radical (unpaired) electrons. The van der Waals surface area contributed by atoms with Crippen LogP contribution in [0.3, 0.4) is 0 Å². The van der Waals surface area contributed by atoms with Crippen LogP contribution < -0.4 is 10.9 Å². The molecule has 0 saturated carbocycles. The highest BCUT2D eigenvalue weighted by atomic mass is 32.2. The molecule has 2 aromatic rings. The Labute approximate surface area is 127 Å². The summed E-state index contributed by atoms with van der Waals surface area (Å²) < 4.78 is 13.5. The Hall–Kier alpha value is -1.66. The summed E-state index contributed by atoms with van der Waals surface area (Å²) in [5.74, 6) is -0.278. The van der Waals surface area contributed by atoms with E-state index in [0.717, 1.165) is 10.5 Å². The first kappa shape index (κ1) is 15.7. The van der Waals surface area contributed by atoms with Gasteiger partial charge in [0.2, 0.25) is 0 Å². The van der Waals surface area contributed by atoms with Gasteiger partial charge in [-0.05, 0) is 44.5 Å². The number of benzene rings is 1. The highest BCUT2D eigenvalue weighted by Gasteiger charge is 2.12. The normalized spacial score (nSPS) is 11.6. The second kappa shape index (κ2) is 6.41. The lowest BCUT2D eigenvalue weighted by molar-refractivity contribution is 0.422. The van der Waals surface area contributed by atoms with Gasteiger partial charge in [0.25, 0.3) is 5.56 Å². The molecule has 0 aliphatic rings. The van der Waals surface area contributed by atoms with E-state index in [-0.39, 0.29) is 16.9 Å². The number of nitrogens with one attached hydrogen (secondary N) is 2. The average Bonchev–Trinajstić information content (AvgIpc) is 2.38. The topological polar surface area (TPSA) is 57.8 Å². The predicted molar refractivity (Wildman–Crippen MR) is 82.0 cm³/mol. The van der Waals surface area contributed by atoms with Crippen molar-refractivity contribution in [3.63, 3.8) is 0 Å². The fraction of sp³-hybridized carbons (Fsp3) is 0.333. The van der Waals surface area contributed by atoms with Gasteiger partial charge in [0, 0.05) is 29.2 Å². The van der Waals surface area contributed by atoms with Crippen molar-refractivity contribution in [1.82, 2.24) is 15.3 Å². The van der Waals surface area contributed by atoms with Crippen LogP contribution in [0.15, 0.2) is 45.3 Å². The largest absolute Gasteiger partial charge is 0.308 e. The lowest BCUT2D eigenvalue weighted by atomic mass is 10.1. The molecule has 1 heterocycles. The quantitative estimate of drug-likeness (QED) is 0.853. The van der Waals surface area contributed by atoms with Gasteiger partial charge in [0.1, 0.15) is 5.82 Å². The summed E-state index contributed by atoms with van der Waals surface area (Å²) in [6, 6.07) is 5.97. The van der Waals surface area contributed by atoms with Crippen LogP contribution >= 0.6 is 11.8 Å². The Balaban J connectivity index is 2.24. The maximum atomic E-state index is 13.5. The number of nitrogens with zero attached hydrogens (tertiary/aromatic N) is 1. The first-order valence-corrected chi connectivity index (χ1v) is 7.42. The smallest absolute Gasteiger partial charge is 0.251 e. The minimum absolute atomic E-state index is 0.0619. The molecule has 1 aromatic heterocycles. The molecule has 0 amide bonds. The number of hydrogen-bond donors (Lipinski definition) is 2. The Morgan fingerprint density at radius 1 is 1.33 bits per heavy atom. The van der Waals surface area contributed by atoms with Crippen molar-refractivity contribution >= 4 is 11.8 Å². The van der Waals surface area contributed by atoms with Crippen LogP contribution in [0.2, 0.25) is 0 Å². The van der Waals surface area contributed by atoms with Gasteiger partial charge in [-0.2, -0.15) is 0 Å². The van der Waals surface area contributed by atoms with Gasteiger partial charge in [-0.1, -0.05) is 11.8 Å². The van der Waals surface area contributed by atoms with Crippen molar-refractivity contribution in [1.29, 1.82) is 0 Å². The van der Waals surface area contributed by atoms with E-state index in [1.165, 1.54) is 36.2 Å². The zero-order valence-electron chi connectivity index (χ0n) is 12.2. The third kappa shape index (κ3) is 4.99. The first-order valence-electron chi connectivity index (χ1n) is 6.60. The molecule has 6 heteroatoms. The first-order chi connectivity index (χ1) is 9.83. The molecule has 0 saturated heterocycles. The van der Waals surface area contributed by atoms with Crippen LogP contribution in [0.1, 0.15) is 26.3 Å². The summed E-state index contributed by atoms with van der Waals surface area (Å²) in [6.45, 7) is 6.70. The second-order valence-electron chi connectivity index (χ2n) is 5.70. The van der Waals surface area contributed by atoms with Crippen LogP contribution in [0, 0.1) is 5.82 Å². The van der Waals surface area contributed by atoms with E-state index >= 15 is 0 Å². The van der Waals surface area contributed by atoms with Gasteiger partial charge in [0.05, 0.1) is 0 Å². The molecule has 21 heavy (non-hydrogen) atoms. The molecule has 0 spiro atoms. The van der Waals surface area contributed by atoms with Gasteiger partial charge < -0.3 is 10.3 Å². The van der Waals surface area contributed by atoms with Gasteiger partial charge in [-0.25, -0.2) is 9.37 Å². The Kier molecular flexibility index (Phi) is 4.80. The Morgan fingerprint density at radius 3 is 2.76 bits per heavy atom. The van der Waals surface area contributed by atoms with Crippen LogP contribution in [0.4, 0.5) is 4.39 Å². The van der Waals surface area contributed by atoms with Crippen LogP contribution in [-0.2, 0) is 6.54 Å². The highest BCUT2D eigenvalue weighted by molar-refractivity contribution is 7.99. The van der Waals surface area contributed by atoms with Crippen LogP contribution in [0.5, 0.6) is 0 Å². The van der Waals surface area contributed by atoms with Crippen molar-refractivity contribution < 1.29 is 4.39 Å². The lowest BCUT2D eigenvalue weighted by Crippen LogP contribution is -2.35. The number of hydrogen-bond acceptors (Lipinski definition) is 4. The third-order valence-corrected chi connectivity index (χ3v) is 3.71. The van der Waals surface area contributed by atoms with E-state index in [2.05, 4.69) is 36.1 Å². The van der Waals surface area contributed by atoms with E-state index in [1.807, 2.05) is 0 Å². The molecule has 0 atom stereocenters. The van der Waals surface area contributed by atoms with Crippen molar-refractivity contribution in [2.24, 2.45) is 0 Å². The maximum absolute atomic E-state index is 13.5. The summed E-state index contributed by atoms with van der Waals surface area (Å²) in [4.78, 5) is 18.9. The Morgan fingerprint density at radius 2 is 2.10 bits per heavy atom. The third-order valence-electron chi connectivity index (χ3n) is 2.69. The molecule has 0 fully saturated rings. The number of aromatic amines is 1. The van der Waals surface area contributed by atoms with E-state index in [0.29, 0.717) is 11.7 Å². The highest BCUT2D eigenvalue weighted by Crippen LogP contribution is 2.28. The summed E-state index contributed by atoms with van der Waals surface area (Å²) in [7, 11) is 0. The fourth-order valence-electron chi connectivity index (χ4n) is 1.65. The monoisotopic (exact) mass is 307 g/mol. The lowest BCUT2D eigenvalue weighted by Gasteiger charge is -2.21. The van der Waals surface area contributed by atoms with Gasteiger partial charge in [0.15, 0.2) is 5.16 Å². The molecule has 0 aliphatic heterocycles. The van der Waals surface area contributed by atoms with Crippen molar-refractivity contribution in [3.8, 4) is 0 Å². The molecule has 2 rings (SSSR count). The summed E-state index contributed by atoms with van der Waals surface area (Å²) in [5.41, 5.74) is 0.568. The van der Waals surface area contributed by atoms with Crippen LogP contribution in [-0.4, -0.2) is 15.5 Å². The molecule has 1 aromatic carbocycles. The van der Waals surface area contributed by atoms with Gasteiger partial charge in [-0.3, -0.25) is 4.79 Å². The van der Waals surface area contributed by atoms with Crippen LogP contribution in [0.25, 0.3) is 0 Å². The predicted octanol–water partition coefficient (Wildman–Crippen LogP) is 2.95. The standard InChI is InChI=1S/C15H18FN3OS/c1-15(2,3)18-9-10-8-11(16)4-5-12(10)21-14-17-7-6-13(20)19-14/h4-8,18H,9H2,1-3H3,(H,17,19,20). The van der Waals surface area contributed by atoms with Gasteiger partial charge in [-0.15, -0.1) is 0 Å².